The van der Waals surface area contributed by atoms with E-state index in [4.69, 9.17) is 4.74 Å². The van der Waals surface area contributed by atoms with Crippen LogP contribution in [-0.2, 0) is 11.8 Å². The highest BCUT2D eigenvalue weighted by molar-refractivity contribution is 6.07. The Morgan fingerprint density at radius 3 is 1.96 bits per heavy atom. The second kappa shape index (κ2) is 11.9. The van der Waals surface area contributed by atoms with E-state index in [1.807, 2.05) is 20.9 Å². The average molecular weight is 364 g/mol. The number of Topliss-reactive ketones (excluding diaryl/α,β-unsaturated/α-hetero) is 1. The summed E-state index contributed by atoms with van der Waals surface area (Å²) >= 11 is 0. The highest BCUT2D eigenvalue weighted by Crippen LogP contribution is 2.24. The van der Waals surface area contributed by atoms with Gasteiger partial charge in [0.2, 0.25) is 0 Å². The van der Waals surface area contributed by atoms with Gasteiger partial charge in [-0.3, -0.25) is 4.79 Å². The van der Waals surface area contributed by atoms with Crippen molar-refractivity contribution in [3.63, 3.8) is 0 Å². The molecular weight excluding hydrogens is 326 g/mol. The fraction of sp³-hybridized carbons (Fsp3) is 0.727. The van der Waals surface area contributed by atoms with Crippen LogP contribution in [-0.4, -0.2) is 22.9 Å². The molecule has 0 unspecified atom stereocenters. The number of rotatable bonds is 13. The number of aromatic nitrogens is 1. The van der Waals surface area contributed by atoms with Crippen LogP contribution in [0.4, 0.5) is 0 Å². The fourth-order valence-corrected chi connectivity index (χ4v) is 3.45. The Labute approximate surface area is 159 Å². The van der Waals surface area contributed by atoms with E-state index in [0.717, 1.165) is 24.1 Å². The zero-order chi connectivity index (χ0) is 19.5. The summed E-state index contributed by atoms with van der Waals surface area (Å²) in [5.41, 5.74) is 2.81. The van der Waals surface area contributed by atoms with E-state index in [-0.39, 0.29) is 5.78 Å². The van der Waals surface area contributed by atoms with Crippen LogP contribution in [0.5, 0.6) is 0 Å². The van der Waals surface area contributed by atoms with E-state index in [1.165, 1.54) is 44.9 Å². The molecule has 148 valence electrons. The molecule has 4 nitrogen and oxygen atoms in total. The minimum Gasteiger partial charge on any atom is -0.461 e. The third-order valence-electron chi connectivity index (χ3n) is 5.25. The first-order valence-electron chi connectivity index (χ1n) is 10.3. The molecular formula is C22H37NO3. The van der Waals surface area contributed by atoms with Crippen molar-refractivity contribution in [2.24, 2.45) is 7.05 Å². The molecule has 1 rings (SSSR count). The van der Waals surface area contributed by atoms with Gasteiger partial charge in [0.1, 0.15) is 5.69 Å². The summed E-state index contributed by atoms with van der Waals surface area (Å²) in [4.78, 5) is 25.0. The zero-order valence-electron chi connectivity index (χ0n) is 17.5. The average Bonchev–Trinajstić information content (AvgIpc) is 2.84. The molecule has 0 saturated heterocycles. The Hall–Kier alpha value is -1.58. The van der Waals surface area contributed by atoms with Gasteiger partial charge < -0.3 is 9.30 Å². The molecule has 0 saturated carbocycles. The molecule has 0 amide bonds. The summed E-state index contributed by atoms with van der Waals surface area (Å²) in [5, 5.41) is 0. The van der Waals surface area contributed by atoms with Crippen molar-refractivity contribution in [2.75, 3.05) is 6.61 Å². The Morgan fingerprint density at radius 2 is 1.42 bits per heavy atom. The van der Waals surface area contributed by atoms with Gasteiger partial charge in [-0.1, -0.05) is 58.3 Å². The standard InChI is InChI=1S/C22H37NO3/c1-6-8-9-10-11-12-13-14-15-16-19(24)20-17(3)18(4)23(5)21(20)22(25)26-7-2/h6-16H2,1-5H3. The van der Waals surface area contributed by atoms with Gasteiger partial charge in [-0.05, 0) is 32.8 Å². The minimum absolute atomic E-state index is 0.0669. The topological polar surface area (TPSA) is 48.3 Å². The van der Waals surface area contributed by atoms with E-state index >= 15 is 0 Å². The Morgan fingerprint density at radius 1 is 0.885 bits per heavy atom. The molecule has 0 aromatic carbocycles. The van der Waals surface area contributed by atoms with Gasteiger partial charge in [0.25, 0.3) is 0 Å². The van der Waals surface area contributed by atoms with Crippen LogP contribution in [0, 0.1) is 13.8 Å². The van der Waals surface area contributed by atoms with E-state index in [2.05, 4.69) is 6.92 Å². The Bertz CT molecular complexity index is 587. The maximum Gasteiger partial charge on any atom is 0.355 e. The van der Waals surface area contributed by atoms with Crippen molar-refractivity contribution < 1.29 is 14.3 Å². The van der Waals surface area contributed by atoms with Crippen LogP contribution in [0.15, 0.2) is 0 Å². The van der Waals surface area contributed by atoms with Crippen molar-refractivity contribution in [2.45, 2.75) is 91.9 Å². The molecule has 0 bridgehead atoms. The van der Waals surface area contributed by atoms with Crippen LogP contribution < -0.4 is 0 Å². The number of ketones is 1. The highest BCUT2D eigenvalue weighted by atomic mass is 16.5. The molecule has 0 aliphatic carbocycles. The van der Waals surface area contributed by atoms with Gasteiger partial charge in [0, 0.05) is 19.2 Å². The van der Waals surface area contributed by atoms with E-state index < -0.39 is 5.97 Å². The van der Waals surface area contributed by atoms with Crippen LogP contribution in [0.2, 0.25) is 0 Å². The normalized spacial score (nSPS) is 11.0. The molecule has 1 heterocycles. The Balaban J connectivity index is 2.52. The van der Waals surface area contributed by atoms with Crippen molar-refractivity contribution in [3.8, 4) is 0 Å². The number of carbonyl (C=O) groups excluding carboxylic acids is 2. The van der Waals surface area contributed by atoms with Crippen LogP contribution in [0.3, 0.4) is 0 Å². The number of hydrogen-bond donors (Lipinski definition) is 0. The first-order valence-corrected chi connectivity index (χ1v) is 10.3. The minimum atomic E-state index is -0.401. The van der Waals surface area contributed by atoms with E-state index in [0.29, 0.717) is 24.3 Å². The van der Waals surface area contributed by atoms with Crippen LogP contribution >= 0.6 is 0 Å². The van der Waals surface area contributed by atoms with Crippen molar-refractivity contribution in [3.05, 3.63) is 22.5 Å². The van der Waals surface area contributed by atoms with Gasteiger partial charge >= 0.3 is 5.97 Å². The van der Waals surface area contributed by atoms with Crippen molar-refractivity contribution in [1.82, 2.24) is 4.57 Å². The zero-order valence-corrected chi connectivity index (χ0v) is 17.5. The second-order valence-electron chi connectivity index (χ2n) is 7.22. The predicted octanol–water partition coefficient (Wildman–Crippen LogP) is 5.92. The lowest BCUT2D eigenvalue weighted by Crippen LogP contribution is -2.15. The molecule has 1 aromatic rings. The van der Waals surface area contributed by atoms with Crippen LogP contribution in [0.1, 0.15) is 110 Å². The van der Waals surface area contributed by atoms with Gasteiger partial charge in [-0.2, -0.15) is 0 Å². The predicted molar refractivity (Wildman–Crippen MR) is 107 cm³/mol. The summed E-state index contributed by atoms with van der Waals surface area (Å²) < 4.78 is 6.94. The molecule has 0 N–H and O–H groups in total. The smallest absolute Gasteiger partial charge is 0.355 e. The molecule has 0 radical (unpaired) electrons. The molecule has 0 aliphatic rings. The molecule has 0 spiro atoms. The molecule has 0 fully saturated rings. The maximum absolute atomic E-state index is 12.7. The summed E-state index contributed by atoms with van der Waals surface area (Å²) in [6, 6.07) is 0. The van der Waals surface area contributed by atoms with Crippen molar-refractivity contribution >= 4 is 11.8 Å². The lowest BCUT2D eigenvalue weighted by Gasteiger charge is -2.07. The third kappa shape index (κ3) is 6.30. The highest BCUT2D eigenvalue weighted by Gasteiger charge is 2.26. The monoisotopic (exact) mass is 363 g/mol. The molecule has 0 aliphatic heterocycles. The first kappa shape index (κ1) is 22.5. The summed E-state index contributed by atoms with van der Waals surface area (Å²) in [7, 11) is 1.82. The summed E-state index contributed by atoms with van der Waals surface area (Å²) in [6.07, 6.45) is 11.5. The quantitative estimate of drug-likeness (QED) is 0.248. The largest absolute Gasteiger partial charge is 0.461 e. The lowest BCUT2D eigenvalue weighted by molar-refractivity contribution is 0.0511. The number of carbonyl (C=O) groups is 2. The maximum atomic E-state index is 12.7. The second-order valence-corrected chi connectivity index (χ2v) is 7.22. The fourth-order valence-electron chi connectivity index (χ4n) is 3.45. The first-order chi connectivity index (χ1) is 12.5. The van der Waals surface area contributed by atoms with Crippen molar-refractivity contribution in [1.29, 1.82) is 0 Å². The molecule has 26 heavy (non-hydrogen) atoms. The van der Waals surface area contributed by atoms with E-state index in [1.54, 1.807) is 11.5 Å². The molecule has 4 heteroatoms. The molecule has 0 atom stereocenters. The number of unbranched alkanes of at least 4 members (excludes halogenated alkanes) is 8. The number of ether oxygens (including phenoxy) is 1. The number of nitrogens with zero attached hydrogens (tertiary/aromatic N) is 1. The Kier molecular flexibility index (Phi) is 10.3. The lowest BCUT2D eigenvalue weighted by atomic mass is 9.99. The van der Waals surface area contributed by atoms with Gasteiger partial charge in [0.05, 0.1) is 12.2 Å². The number of esters is 1. The van der Waals surface area contributed by atoms with E-state index in [9.17, 15) is 9.59 Å². The summed E-state index contributed by atoms with van der Waals surface area (Å²) in [6.45, 7) is 8.19. The van der Waals surface area contributed by atoms with Gasteiger partial charge in [-0.15, -0.1) is 0 Å². The summed E-state index contributed by atoms with van der Waals surface area (Å²) in [5.74, 6) is -0.334. The number of hydrogen-bond acceptors (Lipinski definition) is 3. The third-order valence-corrected chi connectivity index (χ3v) is 5.25. The van der Waals surface area contributed by atoms with Gasteiger partial charge in [-0.25, -0.2) is 4.79 Å². The molecule has 1 aromatic heterocycles. The SMILES string of the molecule is CCCCCCCCCCCC(=O)c1c(C)c(C)n(C)c1C(=O)OCC. The van der Waals surface area contributed by atoms with Gasteiger partial charge in [0.15, 0.2) is 5.78 Å². The van der Waals surface area contributed by atoms with Crippen LogP contribution in [0.25, 0.3) is 0 Å².